The van der Waals surface area contributed by atoms with Gasteiger partial charge >= 0.3 is 0 Å². The highest BCUT2D eigenvalue weighted by Gasteiger charge is 2.16. The number of carbonyl (C=O) groups excluding carboxylic acids is 1. The summed E-state index contributed by atoms with van der Waals surface area (Å²) in [5.41, 5.74) is 4.92. The molecule has 23 heavy (non-hydrogen) atoms. The Balaban J connectivity index is 1.84. The number of hydrogen-bond acceptors (Lipinski definition) is 3. The standard InChI is InChI=1S/C16H12Cl2N4O/c1-10-15(22-9-13(18)5-6-14(22)20-10)16(23)21-19-8-11-3-2-4-12(17)7-11/h2-9H,1H3,(H,21,23)/b19-8-. The zero-order valence-electron chi connectivity index (χ0n) is 12.1. The molecular weight excluding hydrogens is 335 g/mol. The van der Waals surface area contributed by atoms with Crippen molar-refractivity contribution in [2.24, 2.45) is 5.10 Å². The fourth-order valence-electron chi connectivity index (χ4n) is 2.22. The Morgan fingerprint density at radius 2 is 2.09 bits per heavy atom. The van der Waals surface area contributed by atoms with Gasteiger partial charge in [-0.2, -0.15) is 5.10 Å². The van der Waals surface area contributed by atoms with Gasteiger partial charge in [-0.05, 0) is 36.8 Å². The third kappa shape index (κ3) is 3.36. The van der Waals surface area contributed by atoms with Crippen LogP contribution in [0, 0.1) is 6.92 Å². The minimum atomic E-state index is -0.365. The largest absolute Gasteiger partial charge is 0.294 e. The van der Waals surface area contributed by atoms with Gasteiger partial charge in [0.05, 0.1) is 16.9 Å². The molecule has 0 spiro atoms. The van der Waals surface area contributed by atoms with Gasteiger partial charge < -0.3 is 0 Å². The van der Waals surface area contributed by atoms with Crippen LogP contribution in [0.4, 0.5) is 0 Å². The van der Waals surface area contributed by atoms with E-state index in [0.29, 0.717) is 27.1 Å². The SMILES string of the molecule is Cc1nc2ccc(Cl)cn2c1C(=O)N/N=C\c1cccc(Cl)c1. The fourth-order valence-corrected chi connectivity index (χ4v) is 2.57. The molecule has 7 heteroatoms. The number of carbonyl (C=O) groups is 1. The lowest BCUT2D eigenvalue weighted by Gasteiger charge is -2.02. The number of amides is 1. The fraction of sp³-hybridized carbons (Fsp3) is 0.0625. The van der Waals surface area contributed by atoms with Gasteiger partial charge in [-0.3, -0.25) is 9.20 Å². The van der Waals surface area contributed by atoms with Crippen molar-refractivity contribution >= 4 is 41.0 Å². The molecule has 0 saturated heterocycles. The quantitative estimate of drug-likeness (QED) is 0.580. The zero-order valence-corrected chi connectivity index (χ0v) is 13.6. The number of aromatic nitrogens is 2. The molecular formula is C16H12Cl2N4O. The Morgan fingerprint density at radius 1 is 1.26 bits per heavy atom. The second-order valence-electron chi connectivity index (χ2n) is 4.88. The van der Waals surface area contributed by atoms with Crippen molar-refractivity contribution in [3.8, 4) is 0 Å². The van der Waals surface area contributed by atoms with Gasteiger partial charge in [0.1, 0.15) is 11.3 Å². The smallest absolute Gasteiger partial charge is 0.290 e. The number of hydrazone groups is 1. The van der Waals surface area contributed by atoms with Crippen LogP contribution in [0.1, 0.15) is 21.7 Å². The monoisotopic (exact) mass is 346 g/mol. The number of benzene rings is 1. The van der Waals surface area contributed by atoms with Gasteiger partial charge in [0.25, 0.3) is 5.91 Å². The second kappa shape index (κ2) is 6.40. The number of imidazole rings is 1. The van der Waals surface area contributed by atoms with Crippen molar-refractivity contribution in [1.29, 1.82) is 0 Å². The van der Waals surface area contributed by atoms with Gasteiger partial charge in [0.15, 0.2) is 0 Å². The highest BCUT2D eigenvalue weighted by molar-refractivity contribution is 6.31. The molecule has 0 radical (unpaired) electrons. The summed E-state index contributed by atoms with van der Waals surface area (Å²) in [5.74, 6) is -0.365. The van der Waals surface area contributed by atoms with Gasteiger partial charge in [0.2, 0.25) is 0 Å². The second-order valence-corrected chi connectivity index (χ2v) is 5.75. The first-order valence-electron chi connectivity index (χ1n) is 6.78. The Labute approximate surface area is 142 Å². The lowest BCUT2D eigenvalue weighted by atomic mass is 10.2. The number of rotatable bonds is 3. The van der Waals surface area contributed by atoms with Crippen LogP contribution in [-0.4, -0.2) is 21.5 Å². The first-order chi connectivity index (χ1) is 11.0. The molecule has 3 rings (SSSR count). The number of pyridine rings is 1. The molecule has 0 saturated carbocycles. The average molecular weight is 347 g/mol. The summed E-state index contributed by atoms with van der Waals surface area (Å²) in [5, 5.41) is 5.08. The van der Waals surface area contributed by atoms with Crippen LogP contribution in [0.2, 0.25) is 10.0 Å². The maximum absolute atomic E-state index is 12.4. The minimum absolute atomic E-state index is 0.365. The lowest BCUT2D eigenvalue weighted by Crippen LogP contribution is -2.20. The van der Waals surface area contributed by atoms with E-state index >= 15 is 0 Å². The summed E-state index contributed by atoms with van der Waals surface area (Å²) >= 11 is 11.9. The van der Waals surface area contributed by atoms with Gasteiger partial charge in [-0.15, -0.1) is 0 Å². The van der Waals surface area contributed by atoms with Crippen molar-refractivity contribution in [3.05, 3.63) is 69.6 Å². The summed E-state index contributed by atoms with van der Waals surface area (Å²) < 4.78 is 1.64. The maximum Gasteiger partial charge on any atom is 0.290 e. The van der Waals surface area contributed by atoms with Crippen molar-refractivity contribution in [2.45, 2.75) is 6.92 Å². The third-order valence-electron chi connectivity index (χ3n) is 3.20. The van der Waals surface area contributed by atoms with Crippen molar-refractivity contribution in [3.63, 3.8) is 0 Å². The normalized spacial score (nSPS) is 11.3. The number of halogens is 2. The predicted octanol–water partition coefficient (Wildman–Crippen LogP) is 3.71. The maximum atomic E-state index is 12.4. The summed E-state index contributed by atoms with van der Waals surface area (Å²) in [6, 6.07) is 10.6. The molecule has 1 amide bonds. The van der Waals surface area contributed by atoms with Gasteiger partial charge in [-0.1, -0.05) is 35.3 Å². The highest BCUT2D eigenvalue weighted by Crippen LogP contribution is 2.16. The van der Waals surface area contributed by atoms with Crippen LogP contribution in [0.3, 0.4) is 0 Å². The number of nitrogens with zero attached hydrogens (tertiary/aromatic N) is 3. The van der Waals surface area contributed by atoms with E-state index in [2.05, 4.69) is 15.5 Å². The van der Waals surface area contributed by atoms with Gasteiger partial charge in [-0.25, -0.2) is 10.4 Å². The summed E-state index contributed by atoms with van der Waals surface area (Å²) in [6.45, 7) is 1.76. The Hall–Kier alpha value is -2.37. The summed E-state index contributed by atoms with van der Waals surface area (Å²) in [6.07, 6.45) is 3.17. The van der Waals surface area contributed by atoms with E-state index in [1.165, 1.54) is 6.21 Å². The van der Waals surface area contributed by atoms with E-state index in [0.717, 1.165) is 5.56 Å². The van der Waals surface area contributed by atoms with Crippen LogP contribution < -0.4 is 5.43 Å². The van der Waals surface area contributed by atoms with Crippen molar-refractivity contribution in [1.82, 2.24) is 14.8 Å². The molecule has 1 aromatic carbocycles. The number of nitrogens with one attached hydrogen (secondary N) is 1. The highest BCUT2D eigenvalue weighted by atomic mass is 35.5. The molecule has 0 unspecified atom stereocenters. The van der Waals surface area contributed by atoms with Crippen LogP contribution in [0.15, 0.2) is 47.7 Å². The lowest BCUT2D eigenvalue weighted by molar-refractivity contribution is 0.0948. The van der Waals surface area contributed by atoms with Crippen molar-refractivity contribution < 1.29 is 4.79 Å². The molecule has 0 bridgehead atoms. The van der Waals surface area contributed by atoms with Crippen LogP contribution >= 0.6 is 23.2 Å². The molecule has 1 N–H and O–H groups in total. The first-order valence-corrected chi connectivity index (χ1v) is 7.53. The first kappa shape index (κ1) is 15.5. The molecule has 116 valence electrons. The predicted molar refractivity (Wildman–Crippen MR) is 91.5 cm³/mol. The van der Waals surface area contributed by atoms with Crippen molar-refractivity contribution in [2.75, 3.05) is 0 Å². The molecule has 3 aromatic rings. The van der Waals surface area contributed by atoms with E-state index < -0.39 is 0 Å². The van der Waals surface area contributed by atoms with E-state index in [4.69, 9.17) is 23.2 Å². The summed E-state index contributed by atoms with van der Waals surface area (Å²) in [7, 11) is 0. The third-order valence-corrected chi connectivity index (χ3v) is 3.66. The van der Waals surface area contributed by atoms with E-state index in [9.17, 15) is 4.79 Å². The Morgan fingerprint density at radius 3 is 2.87 bits per heavy atom. The molecule has 5 nitrogen and oxygen atoms in total. The van der Waals surface area contributed by atoms with Crippen LogP contribution in [-0.2, 0) is 0 Å². The number of aryl methyl sites for hydroxylation is 1. The van der Waals surface area contributed by atoms with Crippen LogP contribution in [0.25, 0.3) is 5.65 Å². The molecule has 0 aliphatic rings. The average Bonchev–Trinajstić information content (AvgIpc) is 2.82. The number of hydrogen-bond donors (Lipinski definition) is 1. The van der Waals surface area contributed by atoms with E-state index in [1.54, 1.807) is 41.8 Å². The Bertz CT molecular complexity index is 918. The summed E-state index contributed by atoms with van der Waals surface area (Å²) in [4.78, 5) is 16.7. The topological polar surface area (TPSA) is 58.8 Å². The number of fused-ring (bicyclic) bond motifs is 1. The molecule has 0 aliphatic heterocycles. The molecule has 0 fully saturated rings. The molecule has 2 heterocycles. The van der Waals surface area contributed by atoms with Gasteiger partial charge in [0, 0.05) is 11.2 Å². The zero-order chi connectivity index (χ0) is 16.4. The van der Waals surface area contributed by atoms with E-state index in [1.807, 2.05) is 12.1 Å². The molecule has 2 aromatic heterocycles. The molecule has 0 atom stereocenters. The van der Waals surface area contributed by atoms with Crippen LogP contribution in [0.5, 0.6) is 0 Å². The minimum Gasteiger partial charge on any atom is -0.294 e. The molecule has 0 aliphatic carbocycles. The Kier molecular flexibility index (Phi) is 4.32. The van der Waals surface area contributed by atoms with E-state index in [-0.39, 0.29) is 5.91 Å².